The average molecular weight is 236 g/mol. The summed E-state index contributed by atoms with van der Waals surface area (Å²) in [5.41, 5.74) is 0. The van der Waals surface area contributed by atoms with Gasteiger partial charge >= 0.3 is 0 Å². The molecule has 0 aliphatic rings. The van der Waals surface area contributed by atoms with E-state index >= 15 is 0 Å². The van der Waals surface area contributed by atoms with Gasteiger partial charge < -0.3 is 5.32 Å². The van der Waals surface area contributed by atoms with Crippen molar-refractivity contribution in [2.45, 2.75) is 25.8 Å². The Morgan fingerprint density at radius 2 is 2.41 bits per heavy atom. The van der Waals surface area contributed by atoms with Crippen molar-refractivity contribution in [2.24, 2.45) is 7.05 Å². The van der Waals surface area contributed by atoms with Crippen LogP contribution in [0.3, 0.4) is 0 Å². The standard InChI is InChI=1S/C9H16N8/c1-3-4-10-7(9-11-6-12-14-9)5-8-13-16-17(2)15-8/h6-7,10H,3-5H2,1-2H3,(H,11,12,14). The maximum Gasteiger partial charge on any atom is 0.176 e. The molecule has 17 heavy (non-hydrogen) atoms. The van der Waals surface area contributed by atoms with E-state index in [4.69, 9.17) is 0 Å². The van der Waals surface area contributed by atoms with Crippen LogP contribution in [0.1, 0.15) is 31.0 Å². The molecule has 0 bridgehead atoms. The van der Waals surface area contributed by atoms with Gasteiger partial charge in [0, 0.05) is 6.42 Å². The molecular weight excluding hydrogens is 220 g/mol. The maximum atomic E-state index is 4.16. The molecule has 2 rings (SSSR count). The summed E-state index contributed by atoms with van der Waals surface area (Å²) in [4.78, 5) is 5.61. The van der Waals surface area contributed by atoms with Crippen molar-refractivity contribution in [3.63, 3.8) is 0 Å². The molecule has 1 unspecified atom stereocenters. The lowest BCUT2D eigenvalue weighted by Crippen LogP contribution is -2.25. The molecule has 92 valence electrons. The van der Waals surface area contributed by atoms with Gasteiger partial charge in [0.25, 0.3) is 0 Å². The molecule has 0 aliphatic heterocycles. The quantitative estimate of drug-likeness (QED) is 0.709. The Bertz CT molecular complexity index is 434. The summed E-state index contributed by atoms with van der Waals surface area (Å²) in [6.07, 6.45) is 3.20. The first-order valence-electron chi connectivity index (χ1n) is 5.61. The number of H-pyrrole nitrogens is 1. The molecule has 0 radical (unpaired) electrons. The highest BCUT2D eigenvalue weighted by Crippen LogP contribution is 2.11. The van der Waals surface area contributed by atoms with E-state index in [9.17, 15) is 0 Å². The van der Waals surface area contributed by atoms with Crippen LogP contribution in [0.25, 0.3) is 0 Å². The molecule has 0 amide bonds. The van der Waals surface area contributed by atoms with E-state index < -0.39 is 0 Å². The lowest BCUT2D eigenvalue weighted by Gasteiger charge is -2.13. The normalized spacial score (nSPS) is 12.8. The Labute approximate surface area is 98.8 Å². The zero-order valence-electron chi connectivity index (χ0n) is 9.96. The van der Waals surface area contributed by atoms with Gasteiger partial charge in [-0.15, -0.1) is 10.2 Å². The Hall–Kier alpha value is -1.83. The van der Waals surface area contributed by atoms with Crippen molar-refractivity contribution in [1.82, 2.24) is 40.7 Å². The van der Waals surface area contributed by atoms with Crippen molar-refractivity contribution >= 4 is 0 Å². The van der Waals surface area contributed by atoms with Gasteiger partial charge in [0.2, 0.25) is 0 Å². The fourth-order valence-electron chi connectivity index (χ4n) is 1.55. The van der Waals surface area contributed by atoms with Gasteiger partial charge in [-0.05, 0) is 18.2 Å². The van der Waals surface area contributed by atoms with Gasteiger partial charge in [-0.25, -0.2) is 4.98 Å². The predicted octanol–water partition coefficient (Wildman–Crippen LogP) is -0.388. The van der Waals surface area contributed by atoms with Crippen LogP contribution < -0.4 is 5.32 Å². The molecule has 1 atom stereocenters. The highest BCUT2D eigenvalue weighted by molar-refractivity contribution is 4.97. The van der Waals surface area contributed by atoms with Crippen LogP contribution in [0.2, 0.25) is 0 Å². The molecule has 0 spiro atoms. The smallest absolute Gasteiger partial charge is 0.176 e. The summed E-state index contributed by atoms with van der Waals surface area (Å²) in [6, 6.07) is 0.0432. The maximum absolute atomic E-state index is 4.16. The molecule has 8 nitrogen and oxygen atoms in total. The number of aromatic nitrogens is 7. The van der Waals surface area contributed by atoms with E-state index in [2.05, 4.69) is 42.8 Å². The number of hydrogen-bond acceptors (Lipinski definition) is 6. The second-order valence-corrected chi connectivity index (χ2v) is 3.78. The van der Waals surface area contributed by atoms with Gasteiger partial charge in [-0.1, -0.05) is 6.92 Å². The summed E-state index contributed by atoms with van der Waals surface area (Å²) in [7, 11) is 1.75. The monoisotopic (exact) mass is 236 g/mol. The van der Waals surface area contributed by atoms with Crippen LogP contribution in [-0.4, -0.2) is 41.9 Å². The SMILES string of the molecule is CCCNC(Cc1nnn(C)n1)c1ncn[nH]1. The molecule has 2 aromatic rings. The molecule has 0 fully saturated rings. The summed E-state index contributed by atoms with van der Waals surface area (Å²) in [6.45, 7) is 3.02. The third-order valence-electron chi connectivity index (χ3n) is 2.34. The Kier molecular flexibility index (Phi) is 3.76. The summed E-state index contributed by atoms with van der Waals surface area (Å²) < 4.78 is 0. The second-order valence-electron chi connectivity index (χ2n) is 3.78. The lowest BCUT2D eigenvalue weighted by molar-refractivity contribution is 0.495. The van der Waals surface area contributed by atoms with Gasteiger partial charge in [0.1, 0.15) is 12.2 Å². The van der Waals surface area contributed by atoms with Crippen LogP contribution in [-0.2, 0) is 13.5 Å². The van der Waals surface area contributed by atoms with Gasteiger partial charge in [0.05, 0.1) is 13.1 Å². The molecule has 2 aromatic heterocycles. The minimum atomic E-state index is 0.0432. The molecule has 8 heteroatoms. The second kappa shape index (κ2) is 5.48. The highest BCUT2D eigenvalue weighted by atomic mass is 15.6. The number of tetrazole rings is 1. The van der Waals surface area contributed by atoms with Crippen molar-refractivity contribution in [2.75, 3.05) is 6.54 Å². The fourth-order valence-corrected chi connectivity index (χ4v) is 1.55. The Morgan fingerprint density at radius 1 is 1.53 bits per heavy atom. The lowest BCUT2D eigenvalue weighted by atomic mass is 10.2. The van der Waals surface area contributed by atoms with Gasteiger partial charge in [0.15, 0.2) is 5.82 Å². The van der Waals surface area contributed by atoms with Crippen LogP contribution in [0.15, 0.2) is 6.33 Å². The van der Waals surface area contributed by atoms with E-state index in [1.807, 2.05) is 0 Å². The topological polar surface area (TPSA) is 97.2 Å². The van der Waals surface area contributed by atoms with Crippen molar-refractivity contribution in [3.05, 3.63) is 18.0 Å². The first-order valence-corrected chi connectivity index (χ1v) is 5.61. The van der Waals surface area contributed by atoms with Crippen LogP contribution >= 0.6 is 0 Å². The van der Waals surface area contributed by atoms with E-state index in [-0.39, 0.29) is 6.04 Å². The molecule has 0 saturated heterocycles. The van der Waals surface area contributed by atoms with E-state index in [0.717, 1.165) is 18.8 Å². The summed E-state index contributed by atoms with van der Waals surface area (Å²) in [5, 5.41) is 22.1. The number of aryl methyl sites for hydroxylation is 1. The number of hydrogen-bond donors (Lipinski definition) is 2. The number of nitrogens with one attached hydrogen (secondary N) is 2. The molecule has 2 N–H and O–H groups in total. The van der Waals surface area contributed by atoms with Crippen LogP contribution in [0.5, 0.6) is 0 Å². The summed E-state index contributed by atoms with van der Waals surface area (Å²) >= 11 is 0. The minimum absolute atomic E-state index is 0.0432. The van der Waals surface area contributed by atoms with Crippen LogP contribution in [0.4, 0.5) is 0 Å². The zero-order valence-corrected chi connectivity index (χ0v) is 9.96. The minimum Gasteiger partial charge on any atom is -0.307 e. The third-order valence-corrected chi connectivity index (χ3v) is 2.34. The zero-order chi connectivity index (χ0) is 12.1. The number of aromatic amines is 1. The van der Waals surface area contributed by atoms with Gasteiger partial charge in [-0.3, -0.25) is 5.10 Å². The number of nitrogens with zero attached hydrogens (tertiary/aromatic N) is 6. The predicted molar refractivity (Wildman–Crippen MR) is 59.9 cm³/mol. The Balaban J connectivity index is 2.05. The highest BCUT2D eigenvalue weighted by Gasteiger charge is 2.16. The molecule has 0 aliphatic carbocycles. The first-order chi connectivity index (χ1) is 8.29. The van der Waals surface area contributed by atoms with Crippen molar-refractivity contribution in [1.29, 1.82) is 0 Å². The van der Waals surface area contributed by atoms with Crippen LogP contribution in [0, 0.1) is 0 Å². The third kappa shape index (κ3) is 3.06. The first kappa shape index (κ1) is 11.6. The molecular formula is C9H16N8. The number of rotatable bonds is 6. The average Bonchev–Trinajstić information content (AvgIpc) is 2.95. The van der Waals surface area contributed by atoms with Crippen molar-refractivity contribution in [3.8, 4) is 0 Å². The van der Waals surface area contributed by atoms with E-state index in [1.54, 1.807) is 7.05 Å². The van der Waals surface area contributed by atoms with E-state index in [0.29, 0.717) is 12.2 Å². The Morgan fingerprint density at radius 3 is 3.00 bits per heavy atom. The van der Waals surface area contributed by atoms with Crippen molar-refractivity contribution < 1.29 is 0 Å². The summed E-state index contributed by atoms with van der Waals surface area (Å²) in [5.74, 6) is 1.49. The van der Waals surface area contributed by atoms with E-state index in [1.165, 1.54) is 11.1 Å². The molecule has 2 heterocycles. The fraction of sp³-hybridized carbons (Fsp3) is 0.667. The molecule has 0 aromatic carbocycles. The van der Waals surface area contributed by atoms with Gasteiger partial charge in [-0.2, -0.15) is 9.90 Å². The molecule has 0 saturated carbocycles. The largest absolute Gasteiger partial charge is 0.307 e.